The number of nitrogens with one attached hydrogen (secondary N) is 1. The van der Waals surface area contributed by atoms with E-state index in [-0.39, 0.29) is 18.5 Å². The van der Waals surface area contributed by atoms with Crippen molar-refractivity contribution in [3.8, 4) is 0 Å². The topological polar surface area (TPSA) is 72.2 Å². The molecular formula is C13H20N2O2S. The number of hydrogen-bond donors (Lipinski definition) is 2. The average molecular weight is 268 g/mol. The van der Waals surface area contributed by atoms with Gasteiger partial charge >= 0.3 is 0 Å². The van der Waals surface area contributed by atoms with Gasteiger partial charge in [-0.3, -0.25) is 0 Å². The molecule has 1 atom stereocenters. The van der Waals surface area contributed by atoms with Gasteiger partial charge in [-0.2, -0.15) is 0 Å². The van der Waals surface area contributed by atoms with Gasteiger partial charge in [0.2, 0.25) is 10.0 Å². The third-order valence-electron chi connectivity index (χ3n) is 2.57. The lowest BCUT2D eigenvalue weighted by Crippen LogP contribution is -2.25. The summed E-state index contributed by atoms with van der Waals surface area (Å²) in [5.74, 6) is 0.213. The van der Waals surface area contributed by atoms with Crippen molar-refractivity contribution in [1.29, 1.82) is 0 Å². The molecule has 0 aliphatic heterocycles. The van der Waals surface area contributed by atoms with E-state index in [1.54, 1.807) is 0 Å². The third kappa shape index (κ3) is 5.44. The molecule has 0 spiro atoms. The van der Waals surface area contributed by atoms with E-state index >= 15 is 0 Å². The van der Waals surface area contributed by atoms with E-state index in [2.05, 4.69) is 4.72 Å². The highest BCUT2D eigenvalue weighted by atomic mass is 32.2. The van der Waals surface area contributed by atoms with Crippen molar-refractivity contribution in [3.05, 3.63) is 47.4 Å². The Balaban J connectivity index is 2.56. The van der Waals surface area contributed by atoms with Crippen LogP contribution in [0.4, 0.5) is 0 Å². The third-order valence-corrected chi connectivity index (χ3v) is 3.63. The lowest BCUT2D eigenvalue weighted by Gasteiger charge is -2.10. The van der Waals surface area contributed by atoms with E-state index in [1.807, 2.05) is 44.2 Å². The van der Waals surface area contributed by atoms with Crippen molar-refractivity contribution >= 4 is 10.0 Å². The molecule has 0 saturated heterocycles. The Bertz CT molecular complexity index is 481. The van der Waals surface area contributed by atoms with E-state index in [0.29, 0.717) is 0 Å². The second kappa shape index (κ2) is 6.68. The van der Waals surface area contributed by atoms with Crippen molar-refractivity contribution in [3.63, 3.8) is 0 Å². The SMILES string of the molecule is CC(C)[C@H](N)/C=C/S(=O)(=O)NCc1ccccc1. The molecule has 100 valence electrons. The fourth-order valence-corrected chi connectivity index (χ4v) is 2.10. The van der Waals surface area contributed by atoms with Crippen LogP contribution in [0.25, 0.3) is 0 Å². The first-order valence-electron chi connectivity index (χ1n) is 5.88. The number of hydrogen-bond acceptors (Lipinski definition) is 3. The minimum Gasteiger partial charge on any atom is -0.324 e. The van der Waals surface area contributed by atoms with Crippen LogP contribution in [0.1, 0.15) is 19.4 Å². The zero-order valence-electron chi connectivity index (χ0n) is 10.7. The first kappa shape index (κ1) is 14.9. The number of benzene rings is 1. The summed E-state index contributed by atoms with van der Waals surface area (Å²) in [6.07, 6.45) is 1.51. The van der Waals surface area contributed by atoms with Crippen molar-refractivity contribution in [2.75, 3.05) is 0 Å². The molecule has 0 aromatic heterocycles. The molecular weight excluding hydrogens is 248 g/mol. The first-order valence-corrected chi connectivity index (χ1v) is 7.43. The van der Waals surface area contributed by atoms with Gasteiger partial charge in [-0.1, -0.05) is 50.3 Å². The maximum Gasteiger partial charge on any atom is 0.233 e. The van der Waals surface area contributed by atoms with Gasteiger partial charge in [0.1, 0.15) is 0 Å². The summed E-state index contributed by atoms with van der Waals surface area (Å²) >= 11 is 0. The lowest BCUT2D eigenvalue weighted by molar-refractivity contribution is 0.568. The van der Waals surface area contributed by atoms with Crippen LogP contribution in [-0.4, -0.2) is 14.5 Å². The second-order valence-corrected chi connectivity index (χ2v) is 6.15. The fraction of sp³-hybridized carbons (Fsp3) is 0.385. The Kier molecular flexibility index (Phi) is 5.53. The molecule has 0 unspecified atom stereocenters. The molecule has 0 heterocycles. The monoisotopic (exact) mass is 268 g/mol. The fourth-order valence-electron chi connectivity index (χ4n) is 1.24. The first-order chi connectivity index (χ1) is 8.41. The largest absolute Gasteiger partial charge is 0.324 e. The van der Waals surface area contributed by atoms with Crippen LogP contribution in [-0.2, 0) is 16.6 Å². The molecule has 4 nitrogen and oxygen atoms in total. The Morgan fingerprint density at radius 1 is 1.28 bits per heavy atom. The van der Waals surface area contributed by atoms with Gasteiger partial charge in [0.25, 0.3) is 0 Å². The van der Waals surface area contributed by atoms with Gasteiger partial charge in [-0.25, -0.2) is 13.1 Å². The Morgan fingerprint density at radius 3 is 2.44 bits per heavy atom. The molecule has 5 heteroatoms. The molecule has 1 aromatic carbocycles. The zero-order chi connectivity index (χ0) is 13.6. The van der Waals surface area contributed by atoms with Gasteiger partial charge in [0, 0.05) is 18.0 Å². The summed E-state index contributed by atoms with van der Waals surface area (Å²) in [6, 6.07) is 9.11. The van der Waals surface area contributed by atoms with Gasteiger partial charge in [0.15, 0.2) is 0 Å². The van der Waals surface area contributed by atoms with Crippen LogP contribution >= 0.6 is 0 Å². The zero-order valence-corrected chi connectivity index (χ0v) is 11.5. The summed E-state index contributed by atoms with van der Waals surface area (Å²) in [5.41, 5.74) is 6.67. The molecule has 1 rings (SSSR count). The molecule has 0 bridgehead atoms. The summed E-state index contributed by atoms with van der Waals surface area (Å²) in [5, 5.41) is 1.14. The predicted molar refractivity (Wildman–Crippen MR) is 74.2 cm³/mol. The van der Waals surface area contributed by atoms with Crippen LogP contribution in [0.2, 0.25) is 0 Å². The molecule has 1 aromatic rings. The summed E-state index contributed by atoms with van der Waals surface area (Å²) < 4.78 is 25.9. The second-order valence-electron chi connectivity index (χ2n) is 4.50. The normalized spacial score (nSPS) is 14.2. The maximum atomic E-state index is 11.7. The standard InChI is InChI=1S/C13H20N2O2S/c1-11(2)13(14)8-9-18(16,17)15-10-12-6-4-3-5-7-12/h3-9,11,13,15H,10,14H2,1-2H3/b9-8+/t13-/m1/s1. The Labute approximate surface area is 109 Å². The molecule has 0 fully saturated rings. The van der Waals surface area contributed by atoms with E-state index < -0.39 is 10.0 Å². The molecule has 0 aliphatic carbocycles. The highest BCUT2D eigenvalue weighted by Crippen LogP contribution is 2.02. The molecule has 3 N–H and O–H groups in total. The van der Waals surface area contributed by atoms with Gasteiger partial charge in [-0.15, -0.1) is 0 Å². The van der Waals surface area contributed by atoms with Crippen LogP contribution in [0.5, 0.6) is 0 Å². The minimum absolute atomic E-state index is 0.213. The van der Waals surface area contributed by atoms with Crippen molar-refractivity contribution in [1.82, 2.24) is 4.72 Å². The van der Waals surface area contributed by atoms with Crippen molar-refractivity contribution in [2.45, 2.75) is 26.4 Å². The molecule has 0 aliphatic rings. The lowest BCUT2D eigenvalue weighted by atomic mass is 10.1. The van der Waals surface area contributed by atoms with Crippen LogP contribution in [0, 0.1) is 5.92 Å². The van der Waals surface area contributed by atoms with Crippen LogP contribution in [0.15, 0.2) is 41.8 Å². The smallest absolute Gasteiger partial charge is 0.233 e. The van der Waals surface area contributed by atoms with E-state index in [0.717, 1.165) is 11.0 Å². The van der Waals surface area contributed by atoms with E-state index in [4.69, 9.17) is 5.73 Å². The highest BCUT2D eigenvalue weighted by Gasteiger charge is 2.08. The molecule has 0 radical (unpaired) electrons. The van der Waals surface area contributed by atoms with Crippen LogP contribution in [0.3, 0.4) is 0 Å². The molecule has 18 heavy (non-hydrogen) atoms. The predicted octanol–water partition coefficient (Wildman–Crippen LogP) is 1.60. The van der Waals surface area contributed by atoms with Gasteiger partial charge in [0.05, 0.1) is 0 Å². The van der Waals surface area contributed by atoms with E-state index in [9.17, 15) is 8.42 Å². The van der Waals surface area contributed by atoms with Crippen molar-refractivity contribution < 1.29 is 8.42 Å². The minimum atomic E-state index is -3.42. The Morgan fingerprint density at radius 2 is 1.89 bits per heavy atom. The Hall–Kier alpha value is -1.17. The van der Waals surface area contributed by atoms with Crippen molar-refractivity contribution in [2.24, 2.45) is 11.7 Å². The molecule has 0 amide bonds. The van der Waals surface area contributed by atoms with Gasteiger partial charge < -0.3 is 5.73 Å². The van der Waals surface area contributed by atoms with Crippen LogP contribution < -0.4 is 10.5 Å². The highest BCUT2D eigenvalue weighted by molar-refractivity contribution is 7.92. The van der Waals surface area contributed by atoms with E-state index in [1.165, 1.54) is 6.08 Å². The number of rotatable bonds is 6. The number of nitrogens with two attached hydrogens (primary N) is 1. The van der Waals surface area contributed by atoms with Gasteiger partial charge in [-0.05, 0) is 11.5 Å². The maximum absolute atomic E-state index is 11.7. The summed E-state index contributed by atoms with van der Waals surface area (Å²) in [6.45, 7) is 4.17. The number of sulfonamides is 1. The summed E-state index contributed by atoms with van der Waals surface area (Å²) in [7, 11) is -3.42. The quantitative estimate of drug-likeness (QED) is 0.823. The molecule has 0 saturated carbocycles. The summed E-state index contributed by atoms with van der Waals surface area (Å²) in [4.78, 5) is 0. The average Bonchev–Trinajstić information content (AvgIpc) is 2.35.